The molecule has 0 aliphatic heterocycles. The maximum atomic E-state index is 5.99. The van der Waals surface area contributed by atoms with Gasteiger partial charge in [-0.1, -0.05) is 22.9 Å². The van der Waals surface area contributed by atoms with Crippen LogP contribution in [0.3, 0.4) is 0 Å². The van der Waals surface area contributed by atoms with Crippen molar-refractivity contribution in [3.05, 3.63) is 39.6 Å². The minimum Gasteiger partial charge on any atom is -0.325 e. The molecule has 6 heteroatoms. The van der Waals surface area contributed by atoms with E-state index in [0.29, 0.717) is 11.6 Å². The fraction of sp³-hybridized carbons (Fsp3) is 0.111. The third-order valence-corrected chi connectivity index (χ3v) is 3.37. The van der Waals surface area contributed by atoms with Crippen LogP contribution in [0.15, 0.2) is 28.9 Å². The largest absolute Gasteiger partial charge is 0.325 e. The Morgan fingerprint density at radius 1 is 1.47 bits per heavy atom. The topological polar surface area (TPSA) is 56.7 Å². The second-order valence-corrected chi connectivity index (χ2v) is 4.11. The smallest absolute Gasteiger partial charge is 0.0824 e. The standard InChI is InChI=1S/C9H8BrClN4/c10-9-7(11)2-1-3-8(9)15-6(4-12)5-13-14-15/h1-3,5H,4,12H2. The normalized spacial score (nSPS) is 10.6. The highest BCUT2D eigenvalue weighted by Crippen LogP contribution is 2.28. The summed E-state index contributed by atoms with van der Waals surface area (Å²) in [5.41, 5.74) is 7.24. The van der Waals surface area contributed by atoms with Gasteiger partial charge < -0.3 is 5.73 Å². The number of benzene rings is 1. The Kier molecular flexibility index (Phi) is 3.04. The Hall–Kier alpha value is -0.910. The third-order valence-electron chi connectivity index (χ3n) is 1.99. The van der Waals surface area contributed by atoms with Gasteiger partial charge in [-0.15, -0.1) is 5.10 Å². The Bertz CT molecular complexity index is 483. The summed E-state index contributed by atoms with van der Waals surface area (Å²) in [4.78, 5) is 0. The molecule has 0 saturated carbocycles. The third kappa shape index (κ3) is 1.90. The van der Waals surface area contributed by atoms with Crippen molar-refractivity contribution in [1.82, 2.24) is 15.0 Å². The molecule has 0 saturated heterocycles. The van der Waals surface area contributed by atoms with Crippen LogP contribution in [0.1, 0.15) is 5.69 Å². The van der Waals surface area contributed by atoms with E-state index in [1.165, 1.54) is 0 Å². The SMILES string of the molecule is NCc1cnnn1-c1cccc(Cl)c1Br. The highest BCUT2D eigenvalue weighted by atomic mass is 79.9. The van der Waals surface area contributed by atoms with Gasteiger partial charge >= 0.3 is 0 Å². The lowest BCUT2D eigenvalue weighted by molar-refractivity contribution is 0.759. The summed E-state index contributed by atoms with van der Waals surface area (Å²) in [6.07, 6.45) is 1.63. The molecule has 1 heterocycles. The molecular formula is C9H8BrClN4. The number of halogens is 2. The monoisotopic (exact) mass is 286 g/mol. The molecule has 0 aliphatic rings. The van der Waals surface area contributed by atoms with Crippen LogP contribution in [0.2, 0.25) is 5.02 Å². The molecule has 2 aromatic rings. The van der Waals surface area contributed by atoms with Gasteiger partial charge in [-0.3, -0.25) is 0 Å². The number of aromatic nitrogens is 3. The zero-order valence-corrected chi connectivity index (χ0v) is 10.0. The average Bonchev–Trinajstić information content (AvgIpc) is 2.70. The molecule has 2 rings (SSSR count). The van der Waals surface area contributed by atoms with E-state index in [-0.39, 0.29) is 0 Å². The van der Waals surface area contributed by atoms with Gasteiger partial charge in [0.2, 0.25) is 0 Å². The lowest BCUT2D eigenvalue weighted by Crippen LogP contribution is -2.07. The van der Waals surface area contributed by atoms with Gasteiger partial charge in [0, 0.05) is 6.54 Å². The highest BCUT2D eigenvalue weighted by Gasteiger charge is 2.09. The molecule has 15 heavy (non-hydrogen) atoms. The molecule has 1 aromatic heterocycles. The summed E-state index contributed by atoms with van der Waals surface area (Å²) >= 11 is 9.39. The van der Waals surface area contributed by atoms with Gasteiger partial charge in [0.05, 0.1) is 27.1 Å². The first kappa shape index (κ1) is 10.6. The molecule has 0 radical (unpaired) electrons. The minimum atomic E-state index is 0.381. The van der Waals surface area contributed by atoms with Crippen molar-refractivity contribution in [2.75, 3.05) is 0 Å². The summed E-state index contributed by atoms with van der Waals surface area (Å²) in [6.45, 7) is 0.381. The second-order valence-electron chi connectivity index (χ2n) is 2.91. The van der Waals surface area contributed by atoms with Crippen LogP contribution in [0.4, 0.5) is 0 Å². The van der Waals surface area contributed by atoms with Gasteiger partial charge in [-0.25, -0.2) is 4.68 Å². The van der Waals surface area contributed by atoms with Crippen molar-refractivity contribution in [2.45, 2.75) is 6.54 Å². The van der Waals surface area contributed by atoms with E-state index in [9.17, 15) is 0 Å². The Balaban J connectivity index is 2.59. The lowest BCUT2D eigenvalue weighted by atomic mass is 10.3. The van der Waals surface area contributed by atoms with E-state index >= 15 is 0 Å². The van der Waals surface area contributed by atoms with Gasteiger partial charge in [-0.05, 0) is 28.1 Å². The number of nitrogens with two attached hydrogens (primary N) is 1. The van der Waals surface area contributed by atoms with E-state index in [2.05, 4.69) is 26.2 Å². The number of rotatable bonds is 2. The van der Waals surface area contributed by atoms with Crippen molar-refractivity contribution in [3.8, 4) is 5.69 Å². The molecule has 0 fully saturated rings. The fourth-order valence-corrected chi connectivity index (χ4v) is 1.86. The van der Waals surface area contributed by atoms with Crippen molar-refractivity contribution in [1.29, 1.82) is 0 Å². The zero-order chi connectivity index (χ0) is 10.8. The molecule has 78 valence electrons. The summed E-state index contributed by atoms with van der Waals surface area (Å²) in [6, 6.07) is 5.54. The van der Waals surface area contributed by atoms with Crippen LogP contribution < -0.4 is 5.73 Å². The fourth-order valence-electron chi connectivity index (χ4n) is 1.25. The molecule has 1 aromatic carbocycles. The minimum absolute atomic E-state index is 0.381. The van der Waals surface area contributed by atoms with Gasteiger partial charge in [0.1, 0.15) is 0 Å². The van der Waals surface area contributed by atoms with Crippen molar-refractivity contribution < 1.29 is 0 Å². The van der Waals surface area contributed by atoms with Crippen LogP contribution in [-0.2, 0) is 6.54 Å². The van der Waals surface area contributed by atoms with Crippen LogP contribution in [0.5, 0.6) is 0 Å². The molecule has 0 atom stereocenters. The van der Waals surface area contributed by atoms with E-state index in [0.717, 1.165) is 15.9 Å². The van der Waals surface area contributed by atoms with E-state index in [4.69, 9.17) is 17.3 Å². The zero-order valence-electron chi connectivity index (χ0n) is 7.69. The molecule has 4 nitrogen and oxygen atoms in total. The predicted molar refractivity (Wildman–Crippen MR) is 62.0 cm³/mol. The van der Waals surface area contributed by atoms with Crippen LogP contribution >= 0.6 is 27.5 Å². The lowest BCUT2D eigenvalue weighted by Gasteiger charge is -2.07. The van der Waals surface area contributed by atoms with Crippen LogP contribution in [0, 0.1) is 0 Å². The highest BCUT2D eigenvalue weighted by molar-refractivity contribution is 9.10. The molecule has 0 aliphatic carbocycles. The Morgan fingerprint density at radius 2 is 2.27 bits per heavy atom. The summed E-state index contributed by atoms with van der Waals surface area (Å²) < 4.78 is 2.45. The molecule has 0 spiro atoms. The maximum Gasteiger partial charge on any atom is 0.0824 e. The summed E-state index contributed by atoms with van der Waals surface area (Å²) in [7, 11) is 0. The number of hydrogen-bond donors (Lipinski definition) is 1. The Morgan fingerprint density at radius 3 is 3.00 bits per heavy atom. The first-order valence-corrected chi connectivity index (χ1v) is 5.45. The number of hydrogen-bond acceptors (Lipinski definition) is 3. The predicted octanol–water partition coefficient (Wildman–Crippen LogP) is 2.14. The van der Waals surface area contributed by atoms with E-state index in [1.807, 2.05) is 12.1 Å². The molecule has 0 unspecified atom stereocenters. The quantitative estimate of drug-likeness (QED) is 0.920. The van der Waals surface area contributed by atoms with Gasteiger partial charge in [0.15, 0.2) is 0 Å². The first-order chi connectivity index (χ1) is 7.24. The van der Waals surface area contributed by atoms with Crippen molar-refractivity contribution in [2.24, 2.45) is 5.73 Å². The average molecular weight is 288 g/mol. The summed E-state index contributed by atoms with van der Waals surface area (Å²) in [5, 5.41) is 8.40. The number of nitrogens with zero attached hydrogens (tertiary/aromatic N) is 3. The Labute approximate surface area is 100 Å². The summed E-state index contributed by atoms with van der Waals surface area (Å²) in [5.74, 6) is 0. The van der Waals surface area contributed by atoms with E-state index in [1.54, 1.807) is 16.9 Å². The second kappa shape index (κ2) is 4.30. The molecule has 2 N–H and O–H groups in total. The van der Waals surface area contributed by atoms with Crippen molar-refractivity contribution in [3.63, 3.8) is 0 Å². The molecule has 0 amide bonds. The molecule has 0 bridgehead atoms. The van der Waals surface area contributed by atoms with Gasteiger partial charge in [0.25, 0.3) is 0 Å². The maximum absolute atomic E-state index is 5.99. The van der Waals surface area contributed by atoms with Crippen LogP contribution in [0.25, 0.3) is 5.69 Å². The first-order valence-electron chi connectivity index (χ1n) is 4.28. The van der Waals surface area contributed by atoms with Crippen molar-refractivity contribution >= 4 is 27.5 Å². The van der Waals surface area contributed by atoms with E-state index < -0.39 is 0 Å². The van der Waals surface area contributed by atoms with Gasteiger partial charge in [-0.2, -0.15) is 0 Å². The molecular weight excluding hydrogens is 279 g/mol. The van der Waals surface area contributed by atoms with Crippen LogP contribution in [-0.4, -0.2) is 15.0 Å².